The van der Waals surface area contributed by atoms with Crippen LogP contribution in [0.1, 0.15) is 12.5 Å². The minimum Gasteiger partial charge on any atom is -0.450 e. The summed E-state index contributed by atoms with van der Waals surface area (Å²) in [4.78, 5) is 32.3. The predicted molar refractivity (Wildman–Crippen MR) is 112 cm³/mol. The molecule has 8 heteroatoms. The molecule has 0 bridgehead atoms. The minimum absolute atomic E-state index is 0.149. The van der Waals surface area contributed by atoms with Crippen LogP contribution in [0.2, 0.25) is 0 Å². The van der Waals surface area contributed by atoms with E-state index in [0.717, 1.165) is 19.6 Å². The molecule has 30 heavy (non-hydrogen) atoms. The molecule has 0 unspecified atom stereocenters. The van der Waals surface area contributed by atoms with E-state index in [2.05, 4.69) is 23.1 Å². The average molecular weight is 412 g/mol. The first-order valence-electron chi connectivity index (χ1n) is 10.4. The number of rotatable bonds is 5. The Hall–Kier alpha value is -3.05. The van der Waals surface area contributed by atoms with Crippen molar-refractivity contribution in [3.63, 3.8) is 0 Å². The van der Waals surface area contributed by atoms with Gasteiger partial charge in [0.25, 0.3) is 5.91 Å². The van der Waals surface area contributed by atoms with Crippen LogP contribution in [0.15, 0.2) is 42.1 Å². The molecule has 0 atom stereocenters. The van der Waals surface area contributed by atoms with Crippen LogP contribution in [-0.2, 0) is 16.1 Å². The van der Waals surface area contributed by atoms with Crippen molar-refractivity contribution in [3.8, 4) is 6.07 Å². The standard InChI is InChI=1S/C22H29N5O3/c1-2-30-22(29)27-14-10-25(11-15-27)18-20(16-23)21(28)26-12-8-24(9-13-26)17-19-6-4-3-5-7-19/h3-7,18H,2,8-15,17H2,1H3/b20-18-. The molecule has 2 amide bonds. The first kappa shape index (κ1) is 21.7. The van der Waals surface area contributed by atoms with E-state index >= 15 is 0 Å². The molecule has 0 aromatic heterocycles. The predicted octanol–water partition coefficient (Wildman–Crippen LogP) is 1.51. The topological polar surface area (TPSA) is 80.1 Å². The largest absolute Gasteiger partial charge is 0.450 e. The zero-order chi connectivity index (χ0) is 21.3. The Bertz CT molecular complexity index is 789. The Morgan fingerprint density at radius 3 is 2.23 bits per heavy atom. The van der Waals surface area contributed by atoms with Gasteiger partial charge in [-0.2, -0.15) is 5.26 Å². The maximum atomic E-state index is 12.8. The van der Waals surface area contributed by atoms with Crippen LogP contribution >= 0.6 is 0 Å². The monoisotopic (exact) mass is 411 g/mol. The average Bonchev–Trinajstić information content (AvgIpc) is 2.79. The first-order chi connectivity index (χ1) is 14.6. The number of carbonyl (C=O) groups excluding carboxylic acids is 2. The molecule has 0 aliphatic carbocycles. The van der Waals surface area contributed by atoms with Crippen LogP contribution < -0.4 is 0 Å². The smallest absolute Gasteiger partial charge is 0.409 e. The molecule has 0 saturated carbocycles. The Morgan fingerprint density at radius 2 is 1.63 bits per heavy atom. The van der Waals surface area contributed by atoms with Gasteiger partial charge in [0, 0.05) is 65.1 Å². The fourth-order valence-electron chi connectivity index (χ4n) is 3.68. The van der Waals surface area contributed by atoms with E-state index in [9.17, 15) is 14.9 Å². The Labute approximate surface area is 177 Å². The lowest BCUT2D eigenvalue weighted by Crippen LogP contribution is -2.49. The quantitative estimate of drug-likeness (QED) is 0.540. The normalized spacial score (nSPS) is 18.1. The van der Waals surface area contributed by atoms with Gasteiger partial charge in [-0.15, -0.1) is 0 Å². The molecule has 0 N–H and O–H groups in total. The lowest BCUT2D eigenvalue weighted by Gasteiger charge is -2.35. The van der Waals surface area contributed by atoms with Crippen molar-refractivity contribution in [2.75, 3.05) is 59.0 Å². The number of nitrogens with zero attached hydrogens (tertiary/aromatic N) is 5. The fraction of sp³-hybridized carbons (Fsp3) is 0.500. The second-order valence-electron chi connectivity index (χ2n) is 7.43. The van der Waals surface area contributed by atoms with Crippen molar-refractivity contribution in [1.82, 2.24) is 19.6 Å². The molecule has 2 aliphatic rings. The third-order valence-electron chi connectivity index (χ3n) is 5.41. The number of hydrogen-bond donors (Lipinski definition) is 0. The van der Waals surface area contributed by atoms with Crippen molar-refractivity contribution < 1.29 is 14.3 Å². The molecule has 160 valence electrons. The number of carbonyl (C=O) groups is 2. The summed E-state index contributed by atoms with van der Waals surface area (Å²) in [5.74, 6) is -0.218. The maximum Gasteiger partial charge on any atom is 0.409 e. The van der Waals surface area contributed by atoms with Gasteiger partial charge in [0.1, 0.15) is 11.6 Å². The second kappa shape index (κ2) is 10.6. The van der Waals surface area contributed by atoms with E-state index in [1.807, 2.05) is 23.1 Å². The molecular formula is C22H29N5O3. The second-order valence-corrected chi connectivity index (χ2v) is 7.43. The lowest BCUT2D eigenvalue weighted by atomic mass is 10.2. The van der Waals surface area contributed by atoms with Gasteiger partial charge in [0.15, 0.2) is 0 Å². The molecule has 1 aromatic carbocycles. The van der Waals surface area contributed by atoms with Gasteiger partial charge in [0.2, 0.25) is 0 Å². The summed E-state index contributed by atoms with van der Waals surface area (Å²) in [7, 11) is 0. The van der Waals surface area contributed by atoms with Crippen molar-refractivity contribution in [2.24, 2.45) is 0 Å². The molecular weight excluding hydrogens is 382 g/mol. The molecule has 2 heterocycles. The van der Waals surface area contributed by atoms with Crippen molar-refractivity contribution in [3.05, 3.63) is 47.7 Å². The zero-order valence-electron chi connectivity index (χ0n) is 17.5. The minimum atomic E-state index is -0.314. The van der Waals surface area contributed by atoms with Crippen LogP contribution in [0, 0.1) is 11.3 Å². The van der Waals surface area contributed by atoms with E-state index in [-0.39, 0.29) is 17.6 Å². The highest BCUT2D eigenvalue weighted by Crippen LogP contribution is 2.12. The van der Waals surface area contributed by atoms with E-state index in [1.165, 1.54) is 5.56 Å². The summed E-state index contributed by atoms with van der Waals surface area (Å²) in [5, 5.41) is 9.53. The molecule has 2 saturated heterocycles. The maximum absolute atomic E-state index is 12.8. The number of hydrogen-bond acceptors (Lipinski definition) is 6. The van der Waals surface area contributed by atoms with Gasteiger partial charge < -0.3 is 19.4 Å². The molecule has 8 nitrogen and oxygen atoms in total. The number of nitriles is 1. The highest BCUT2D eigenvalue weighted by atomic mass is 16.6. The zero-order valence-corrected chi connectivity index (χ0v) is 17.5. The molecule has 1 aromatic rings. The lowest BCUT2D eigenvalue weighted by molar-refractivity contribution is -0.128. The number of amides is 2. The van der Waals surface area contributed by atoms with Gasteiger partial charge in [-0.05, 0) is 12.5 Å². The van der Waals surface area contributed by atoms with Gasteiger partial charge in [-0.25, -0.2) is 4.79 Å². The summed E-state index contributed by atoms with van der Waals surface area (Å²) >= 11 is 0. The van der Waals surface area contributed by atoms with Gasteiger partial charge in [-0.1, -0.05) is 30.3 Å². The summed E-state index contributed by atoms with van der Waals surface area (Å²) < 4.78 is 5.02. The molecule has 0 radical (unpaired) electrons. The van der Waals surface area contributed by atoms with E-state index < -0.39 is 0 Å². The van der Waals surface area contributed by atoms with Gasteiger partial charge in [-0.3, -0.25) is 9.69 Å². The summed E-state index contributed by atoms with van der Waals surface area (Å²) in [6, 6.07) is 12.3. The third-order valence-corrected chi connectivity index (χ3v) is 5.41. The van der Waals surface area contributed by atoms with Crippen molar-refractivity contribution >= 4 is 12.0 Å². The van der Waals surface area contributed by atoms with E-state index in [1.54, 1.807) is 22.9 Å². The van der Waals surface area contributed by atoms with Crippen LogP contribution in [0.5, 0.6) is 0 Å². The van der Waals surface area contributed by atoms with Crippen molar-refractivity contribution in [2.45, 2.75) is 13.5 Å². The molecule has 0 spiro atoms. The molecule has 3 rings (SSSR count). The summed E-state index contributed by atoms with van der Waals surface area (Å²) in [6.45, 7) is 7.98. The Balaban J connectivity index is 1.49. The fourth-order valence-corrected chi connectivity index (χ4v) is 3.68. The van der Waals surface area contributed by atoms with E-state index in [0.29, 0.717) is 45.9 Å². The van der Waals surface area contributed by atoms with E-state index in [4.69, 9.17) is 4.74 Å². The van der Waals surface area contributed by atoms with Gasteiger partial charge in [0.05, 0.1) is 6.61 Å². The number of piperazine rings is 2. The first-order valence-corrected chi connectivity index (χ1v) is 10.4. The van der Waals surface area contributed by atoms with Crippen LogP contribution in [0.3, 0.4) is 0 Å². The highest BCUT2D eigenvalue weighted by molar-refractivity contribution is 5.97. The van der Waals surface area contributed by atoms with Gasteiger partial charge >= 0.3 is 6.09 Å². The van der Waals surface area contributed by atoms with Crippen molar-refractivity contribution in [1.29, 1.82) is 5.26 Å². The number of ether oxygens (including phenoxy) is 1. The van der Waals surface area contributed by atoms with Crippen LogP contribution in [0.4, 0.5) is 4.79 Å². The molecule has 2 fully saturated rings. The Kier molecular flexibility index (Phi) is 7.69. The number of benzene rings is 1. The van der Waals surface area contributed by atoms with Crippen LogP contribution in [-0.4, -0.2) is 90.6 Å². The SMILES string of the molecule is CCOC(=O)N1CCN(/C=C(/C#N)C(=O)N2CCN(Cc3ccccc3)CC2)CC1. The molecule has 2 aliphatic heterocycles. The van der Waals surface area contributed by atoms with Crippen LogP contribution in [0.25, 0.3) is 0 Å². The third kappa shape index (κ3) is 5.74. The summed E-state index contributed by atoms with van der Waals surface area (Å²) in [5.41, 5.74) is 1.41. The highest BCUT2D eigenvalue weighted by Gasteiger charge is 2.26. The summed E-state index contributed by atoms with van der Waals surface area (Å²) in [6.07, 6.45) is 1.33. The Morgan fingerprint density at radius 1 is 1.00 bits per heavy atom.